The minimum Gasteiger partial charge on any atom is -0.365 e. The van der Waals surface area contributed by atoms with E-state index in [4.69, 9.17) is 4.74 Å². The second-order valence-electron chi connectivity index (χ2n) is 8.38. The maximum atomic E-state index is 13.6. The lowest BCUT2D eigenvalue weighted by molar-refractivity contribution is -0.385. The highest BCUT2D eigenvalue weighted by molar-refractivity contribution is 5.97. The zero-order chi connectivity index (χ0) is 24.3. The van der Waals surface area contributed by atoms with Crippen LogP contribution in [0.4, 0.5) is 10.1 Å². The van der Waals surface area contributed by atoms with Gasteiger partial charge in [-0.25, -0.2) is 9.18 Å². The highest BCUT2D eigenvalue weighted by Crippen LogP contribution is 2.41. The van der Waals surface area contributed by atoms with E-state index in [0.717, 1.165) is 4.57 Å². The highest BCUT2D eigenvalue weighted by Gasteiger charge is 2.33. The zero-order valence-electron chi connectivity index (χ0n) is 18.7. The van der Waals surface area contributed by atoms with Crippen molar-refractivity contribution >= 4 is 16.6 Å². The number of nitrogens with zero attached hydrogens (tertiary/aromatic N) is 4. The van der Waals surface area contributed by atoms with Crippen molar-refractivity contribution in [3.05, 3.63) is 96.1 Å². The van der Waals surface area contributed by atoms with E-state index in [1.807, 2.05) is 4.57 Å². The molecule has 1 aliphatic heterocycles. The van der Waals surface area contributed by atoms with Gasteiger partial charge in [0.25, 0.3) is 11.2 Å². The molecule has 1 atom stereocenters. The molecule has 4 aromatic rings. The Kier molecular flexibility index (Phi) is 4.98. The van der Waals surface area contributed by atoms with Gasteiger partial charge in [0.2, 0.25) is 0 Å². The Balaban J connectivity index is 1.93. The first-order valence-electron chi connectivity index (χ1n) is 10.6. The number of fused-ring (bicyclic) bond motifs is 3. The summed E-state index contributed by atoms with van der Waals surface area (Å²) in [5.74, 6) is -0.395. The highest BCUT2D eigenvalue weighted by atomic mass is 19.1. The normalized spacial score (nSPS) is 15.5. The molecule has 0 saturated carbocycles. The van der Waals surface area contributed by atoms with Gasteiger partial charge in [-0.05, 0) is 24.6 Å². The van der Waals surface area contributed by atoms with Crippen LogP contribution in [0.15, 0.2) is 52.1 Å². The first kappa shape index (κ1) is 21.8. The van der Waals surface area contributed by atoms with E-state index >= 15 is 0 Å². The molecule has 0 saturated heterocycles. The number of rotatable bonds is 3. The molecule has 0 spiro atoms. The van der Waals surface area contributed by atoms with Crippen molar-refractivity contribution in [2.75, 3.05) is 6.61 Å². The summed E-state index contributed by atoms with van der Waals surface area (Å²) in [4.78, 5) is 37.4. The van der Waals surface area contributed by atoms with E-state index in [9.17, 15) is 24.1 Å². The minimum atomic E-state index is -0.663. The molecule has 174 valence electrons. The average molecular weight is 464 g/mol. The summed E-state index contributed by atoms with van der Waals surface area (Å²) in [6, 6.07) is 10.7. The van der Waals surface area contributed by atoms with Crippen molar-refractivity contribution in [2.24, 2.45) is 14.1 Å². The second kappa shape index (κ2) is 7.77. The molecule has 34 heavy (non-hydrogen) atoms. The van der Waals surface area contributed by atoms with Crippen LogP contribution >= 0.6 is 0 Å². The molecule has 10 heteroatoms. The Bertz CT molecular complexity index is 1600. The fraction of sp³-hybridized carbons (Fsp3) is 0.250. The molecule has 3 heterocycles. The van der Waals surface area contributed by atoms with Crippen molar-refractivity contribution in [1.29, 1.82) is 0 Å². The SMILES string of the molecule is Cc1ccc(-c2c3c(=O)n(C)c(=O)n(C)c3c3n2CCO[C@@H]3c2ccc(F)cc2)cc1[N+](=O)[O-]. The van der Waals surface area contributed by atoms with Gasteiger partial charge in [-0.15, -0.1) is 0 Å². The monoisotopic (exact) mass is 464 g/mol. The van der Waals surface area contributed by atoms with E-state index < -0.39 is 28.1 Å². The first-order chi connectivity index (χ1) is 16.2. The number of ether oxygens (including phenoxy) is 1. The summed E-state index contributed by atoms with van der Waals surface area (Å²) >= 11 is 0. The molecule has 0 bridgehead atoms. The van der Waals surface area contributed by atoms with Crippen LogP contribution in [-0.2, 0) is 25.4 Å². The van der Waals surface area contributed by atoms with Crippen LogP contribution in [0.2, 0.25) is 0 Å². The van der Waals surface area contributed by atoms with Gasteiger partial charge in [0.1, 0.15) is 11.9 Å². The smallest absolute Gasteiger partial charge is 0.331 e. The van der Waals surface area contributed by atoms with Gasteiger partial charge >= 0.3 is 5.69 Å². The lowest BCUT2D eigenvalue weighted by atomic mass is 10.0. The third-order valence-electron chi connectivity index (χ3n) is 6.40. The molecule has 0 aliphatic carbocycles. The number of nitro groups is 1. The third-order valence-corrected chi connectivity index (χ3v) is 6.40. The van der Waals surface area contributed by atoms with Crippen molar-refractivity contribution in [2.45, 2.75) is 19.6 Å². The second-order valence-corrected chi connectivity index (χ2v) is 8.38. The summed E-state index contributed by atoms with van der Waals surface area (Å²) in [5, 5.41) is 11.9. The summed E-state index contributed by atoms with van der Waals surface area (Å²) in [7, 11) is 2.97. The minimum absolute atomic E-state index is 0.0648. The van der Waals surface area contributed by atoms with Crippen molar-refractivity contribution < 1.29 is 14.1 Å². The van der Waals surface area contributed by atoms with Crippen LogP contribution in [0.5, 0.6) is 0 Å². The molecule has 0 amide bonds. The Morgan fingerprint density at radius 1 is 1.09 bits per heavy atom. The quantitative estimate of drug-likeness (QED) is 0.342. The van der Waals surface area contributed by atoms with Crippen LogP contribution in [0.25, 0.3) is 22.2 Å². The van der Waals surface area contributed by atoms with E-state index in [-0.39, 0.29) is 11.1 Å². The standard InChI is InChI=1S/C24H21FN4O5/c1-13-4-5-15(12-17(13)29(32)33)19-18-20(26(2)24(31)27(3)23(18)30)21-22(34-11-10-28(19)21)14-6-8-16(25)9-7-14/h4-9,12,22H,10-11H2,1-3H3/t22-/m1/s1. The van der Waals surface area contributed by atoms with Crippen LogP contribution in [0, 0.1) is 22.9 Å². The zero-order valence-corrected chi connectivity index (χ0v) is 18.7. The largest absolute Gasteiger partial charge is 0.365 e. The van der Waals surface area contributed by atoms with Crippen LogP contribution < -0.4 is 11.2 Å². The fourth-order valence-electron chi connectivity index (χ4n) is 4.72. The number of nitro benzene ring substituents is 1. The Labute approximate surface area is 192 Å². The first-order valence-corrected chi connectivity index (χ1v) is 10.6. The summed E-state index contributed by atoms with van der Waals surface area (Å²) in [5.41, 5.74) is 2.02. The number of hydrogen-bond acceptors (Lipinski definition) is 5. The van der Waals surface area contributed by atoms with Gasteiger partial charge in [0, 0.05) is 37.8 Å². The third kappa shape index (κ3) is 3.10. The number of benzene rings is 2. The maximum Gasteiger partial charge on any atom is 0.331 e. The van der Waals surface area contributed by atoms with Gasteiger partial charge in [-0.3, -0.25) is 24.0 Å². The van der Waals surface area contributed by atoms with Gasteiger partial charge in [-0.1, -0.05) is 24.3 Å². The van der Waals surface area contributed by atoms with Crippen LogP contribution in [0.1, 0.15) is 22.9 Å². The molecular weight excluding hydrogens is 443 g/mol. The summed E-state index contributed by atoms with van der Waals surface area (Å²) in [6.45, 7) is 2.32. The van der Waals surface area contributed by atoms with Gasteiger partial charge < -0.3 is 9.30 Å². The average Bonchev–Trinajstić information content (AvgIpc) is 3.17. The molecule has 5 rings (SSSR count). The Morgan fingerprint density at radius 3 is 2.47 bits per heavy atom. The fourth-order valence-corrected chi connectivity index (χ4v) is 4.72. The Hall–Kier alpha value is -4.05. The molecule has 2 aromatic heterocycles. The molecule has 0 fully saturated rings. The molecule has 2 aromatic carbocycles. The summed E-state index contributed by atoms with van der Waals surface area (Å²) < 4.78 is 23.9. The van der Waals surface area contributed by atoms with Crippen molar-refractivity contribution in [1.82, 2.24) is 13.7 Å². The lowest BCUT2D eigenvalue weighted by Crippen LogP contribution is -2.37. The molecule has 9 nitrogen and oxygen atoms in total. The van der Waals surface area contributed by atoms with E-state index in [0.29, 0.717) is 46.7 Å². The number of aromatic nitrogens is 3. The molecule has 0 unspecified atom stereocenters. The molecule has 0 N–H and O–H groups in total. The van der Waals surface area contributed by atoms with Crippen LogP contribution in [0.3, 0.4) is 0 Å². The molecule has 0 radical (unpaired) electrons. The predicted molar refractivity (Wildman–Crippen MR) is 123 cm³/mol. The lowest BCUT2D eigenvalue weighted by Gasteiger charge is -2.27. The van der Waals surface area contributed by atoms with E-state index in [2.05, 4.69) is 0 Å². The van der Waals surface area contributed by atoms with Crippen molar-refractivity contribution in [3.8, 4) is 11.3 Å². The topological polar surface area (TPSA) is 101 Å². The number of hydrogen-bond donors (Lipinski definition) is 0. The van der Waals surface area contributed by atoms with Crippen molar-refractivity contribution in [3.63, 3.8) is 0 Å². The maximum absolute atomic E-state index is 13.6. The summed E-state index contributed by atoms with van der Waals surface area (Å²) in [6.07, 6.45) is -0.663. The van der Waals surface area contributed by atoms with Gasteiger partial charge in [0.15, 0.2) is 0 Å². The van der Waals surface area contributed by atoms with Crippen LogP contribution in [-0.4, -0.2) is 25.2 Å². The molecular formula is C24H21FN4O5. The molecule has 1 aliphatic rings. The van der Waals surface area contributed by atoms with Gasteiger partial charge in [-0.2, -0.15) is 0 Å². The number of halogens is 1. The van der Waals surface area contributed by atoms with Gasteiger partial charge in [0.05, 0.1) is 33.8 Å². The predicted octanol–water partition coefficient (Wildman–Crippen LogP) is 3.18. The van der Waals surface area contributed by atoms with E-state index in [1.54, 1.807) is 38.2 Å². The van der Waals surface area contributed by atoms with E-state index in [1.165, 1.54) is 29.8 Å². The number of aryl methyl sites for hydroxylation is 2. The Morgan fingerprint density at radius 2 is 1.79 bits per heavy atom.